The Morgan fingerprint density at radius 2 is 0.740 bits per heavy atom. The lowest BCUT2D eigenvalue weighted by atomic mass is 9.95. The third-order valence-corrected chi connectivity index (χ3v) is 10.1. The molecule has 10 rings (SSSR count). The van der Waals surface area contributed by atoms with Gasteiger partial charge in [-0.05, 0) is 58.7 Å². The van der Waals surface area contributed by atoms with Gasteiger partial charge in [0.1, 0.15) is 0 Å². The molecule has 0 bridgehead atoms. The first-order chi connectivity index (χ1) is 24.9. The molecule has 0 unspecified atom stereocenters. The molecule has 8 aromatic carbocycles. The van der Waals surface area contributed by atoms with Crippen LogP contribution in [0, 0.1) is 0 Å². The fourth-order valence-electron chi connectivity index (χ4n) is 8.06. The Labute approximate surface area is 290 Å². The quantitative estimate of drug-likeness (QED) is 0.178. The zero-order chi connectivity index (χ0) is 33.0. The van der Waals surface area contributed by atoms with Gasteiger partial charge in [0.15, 0.2) is 0 Å². The number of rotatable bonds is 5. The van der Waals surface area contributed by atoms with Crippen molar-refractivity contribution in [3.8, 4) is 44.8 Å². The molecule has 2 aromatic heterocycles. The van der Waals surface area contributed by atoms with E-state index in [-0.39, 0.29) is 0 Å². The molecule has 0 amide bonds. The van der Waals surface area contributed by atoms with Crippen molar-refractivity contribution in [1.82, 2.24) is 9.13 Å². The summed E-state index contributed by atoms with van der Waals surface area (Å²) in [7, 11) is 0. The van der Waals surface area contributed by atoms with Crippen LogP contribution >= 0.6 is 0 Å². The summed E-state index contributed by atoms with van der Waals surface area (Å²) in [5, 5.41) is 5.03. The smallest absolute Gasteiger partial charge is 0.0620 e. The van der Waals surface area contributed by atoms with Gasteiger partial charge in [0.25, 0.3) is 0 Å². The minimum absolute atomic E-state index is 1.15. The van der Waals surface area contributed by atoms with Crippen LogP contribution in [0.25, 0.3) is 88.4 Å². The summed E-state index contributed by atoms with van der Waals surface area (Å²) in [5.41, 5.74) is 14.4. The van der Waals surface area contributed by atoms with Gasteiger partial charge in [-0.1, -0.05) is 158 Å². The number of nitrogens with zero attached hydrogens (tertiary/aromatic N) is 2. The van der Waals surface area contributed by atoms with Crippen molar-refractivity contribution in [2.45, 2.75) is 0 Å². The maximum absolute atomic E-state index is 2.49. The average Bonchev–Trinajstić information content (AvgIpc) is 3.72. The molecule has 234 valence electrons. The fraction of sp³-hybridized carbons (Fsp3) is 0. The molecule has 50 heavy (non-hydrogen) atoms. The first kappa shape index (κ1) is 28.4. The monoisotopic (exact) mass is 636 g/mol. The Morgan fingerprint density at radius 1 is 0.280 bits per heavy atom. The highest BCUT2D eigenvalue weighted by atomic mass is 15.0. The third-order valence-electron chi connectivity index (χ3n) is 10.1. The Morgan fingerprint density at radius 3 is 1.40 bits per heavy atom. The van der Waals surface area contributed by atoms with Crippen molar-refractivity contribution in [2.24, 2.45) is 0 Å². The van der Waals surface area contributed by atoms with Crippen LogP contribution in [0.5, 0.6) is 0 Å². The molecule has 0 aliphatic rings. The summed E-state index contributed by atoms with van der Waals surface area (Å²) in [6, 6.07) is 70.3. The van der Waals surface area contributed by atoms with E-state index in [2.05, 4.69) is 203 Å². The zero-order valence-corrected chi connectivity index (χ0v) is 27.4. The highest BCUT2D eigenvalue weighted by molar-refractivity contribution is 6.21. The molecule has 0 aliphatic carbocycles. The Balaban J connectivity index is 1.34. The van der Waals surface area contributed by atoms with Crippen LogP contribution in [0.2, 0.25) is 0 Å². The van der Waals surface area contributed by atoms with Gasteiger partial charge in [-0.2, -0.15) is 0 Å². The van der Waals surface area contributed by atoms with E-state index < -0.39 is 0 Å². The molecule has 0 atom stereocenters. The average molecular weight is 637 g/mol. The van der Waals surface area contributed by atoms with Gasteiger partial charge in [0.05, 0.1) is 27.8 Å². The van der Waals surface area contributed by atoms with Crippen molar-refractivity contribution < 1.29 is 0 Å². The van der Waals surface area contributed by atoms with Crippen LogP contribution in [0.4, 0.5) is 0 Å². The van der Waals surface area contributed by atoms with E-state index in [0.29, 0.717) is 0 Å². The summed E-state index contributed by atoms with van der Waals surface area (Å²) in [4.78, 5) is 0. The Kier molecular flexibility index (Phi) is 6.53. The Bertz CT molecular complexity index is 2740. The molecule has 0 fully saturated rings. The lowest BCUT2D eigenvalue weighted by Crippen LogP contribution is -1.99. The van der Waals surface area contributed by atoms with Gasteiger partial charge in [-0.25, -0.2) is 0 Å². The van der Waals surface area contributed by atoms with Gasteiger partial charge in [-0.3, -0.25) is 0 Å². The van der Waals surface area contributed by atoms with Crippen molar-refractivity contribution in [2.75, 3.05) is 0 Å². The van der Waals surface area contributed by atoms with Gasteiger partial charge >= 0.3 is 0 Å². The first-order valence-corrected chi connectivity index (χ1v) is 17.2. The van der Waals surface area contributed by atoms with E-state index in [1.807, 2.05) is 0 Å². The molecular weight excluding hydrogens is 605 g/mol. The maximum atomic E-state index is 2.49. The van der Waals surface area contributed by atoms with E-state index in [1.165, 1.54) is 77.0 Å². The molecule has 0 N–H and O–H groups in total. The number of hydrogen-bond acceptors (Lipinski definition) is 0. The summed E-state index contributed by atoms with van der Waals surface area (Å²) >= 11 is 0. The van der Waals surface area contributed by atoms with E-state index in [4.69, 9.17) is 0 Å². The number of hydrogen-bond donors (Lipinski definition) is 0. The molecule has 2 nitrogen and oxygen atoms in total. The molecule has 10 aromatic rings. The van der Waals surface area contributed by atoms with E-state index in [0.717, 1.165) is 11.4 Å². The van der Waals surface area contributed by atoms with Crippen molar-refractivity contribution >= 4 is 43.6 Å². The molecule has 0 aliphatic heterocycles. The van der Waals surface area contributed by atoms with Crippen molar-refractivity contribution in [3.05, 3.63) is 194 Å². The molecule has 2 heterocycles. The highest BCUT2D eigenvalue weighted by Gasteiger charge is 2.23. The molecule has 0 saturated heterocycles. The molecule has 0 spiro atoms. The predicted molar refractivity (Wildman–Crippen MR) is 211 cm³/mol. The number of aromatic nitrogens is 2. The van der Waals surface area contributed by atoms with Gasteiger partial charge < -0.3 is 9.13 Å². The van der Waals surface area contributed by atoms with Crippen LogP contribution in [0.15, 0.2) is 194 Å². The van der Waals surface area contributed by atoms with Crippen LogP contribution in [0.1, 0.15) is 0 Å². The van der Waals surface area contributed by atoms with E-state index in [9.17, 15) is 0 Å². The number of para-hydroxylation sites is 4. The standard InChI is InChI=1S/C48H32N2/c1-4-17-33(18-5-1)36-25-15-31-44-46(36)47-37(34-19-6-2-7-20-34)26-16-32-45(47)50(44)43-30-13-11-24-39(43)41-28-14-27-40-38-23-10-12-29-42(38)49(48(40)41)35-21-8-3-9-22-35/h1-32H. The van der Waals surface area contributed by atoms with E-state index >= 15 is 0 Å². The Hall–Kier alpha value is -6.64. The lowest BCUT2D eigenvalue weighted by molar-refractivity contribution is 1.17. The first-order valence-electron chi connectivity index (χ1n) is 17.2. The summed E-state index contributed by atoms with van der Waals surface area (Å²) < 4.78 is 4.93. The third kappa shape index (κ3) is 4.29. The van der Waals surface area contributed by atoms with Crippen molar-refractivity contribution in [1.29, 1.82) is 0 Å². The molecule has 0 saturated carbocycles. The normalized spacial score (nSPS) is 11.6. The SMILES string of the molecule is c1ccc(-c2cccc3c2c2c(-c4ccccc4)cccc2n3-c2ccccc2-c2cccc3c4ccccc4n(-c4ccccc4)c23)cc1. The fourth-order valence-corrected chi connectivity index (χ4v) is 8.06. The van der Waals surface area contributed by atoms with Crippen LogP contribution in [0.3, 0.4) is 0 Å². The van der Waals surface area contributed by atoms with Crippen LogP contribution < -0.4 is 0 Å². The van der Waals surface area contributed by atoms with Crippen molar-refractivity contribution in [3.63, 3.8) is 0 Å². The topological polar surface area (TPSA) is 9.86 Å². The summed E-state index contributed by atoms with van der Waals surface area (Å²) in [5.74, 6) is 0. The van der Waals surface area contributed by atoms with Crippen LogP contribution in [-0.2, 0) is 0 Å². The maximum Gasteiger partial charge on any atom is 0.0620 e. The highest BCUT2D eigenvalue weighted by Crippen LogP contribution is 2.45. The lowest BCUT2D eigenvalue weighted by Gasteiger charge is -2.17. The second-order valence-electron chi connectivity index (χ2n) is 12.9. The van der Waals surface area contributed by atoms with Gasteiger partial charge in [0, 0.05) is 38.4 Å². The summed E-state index contributed by atoms with van der Waals surface area (Å²) in [6.45, 7) is 0. The molecular formula is C48H32N2. The minimum Gasteiger partial charge on any atom is -0.309 e. The summed E-state index contributed by atoms with van der Waals surface area (Å²) in [6.07, 6.45) is 0. The second kappa shape index (κ2) is 11.5. The number of fused-ring (bicyclic) bond motifs is 6. The molecule has 0 radical (unpaired) electrons. The van der Waals surface area contributed by atoms with Crippen LogP contribution in [-0.4, -0.2) is 9.13 Å². The van der Waals surface area contributed by atoms with Gasteiger partial charge in [-0.15, -0.1) is 0 Å². The number of benzene rings is 8. The largest absolute Gasteiger partial charge is 0.309 e. The minimum atomic E-state index is 1.15. The van der Waals surface area contributed by atoms with Gasteiger partial charge in [0.2, 0.25) is 0 Å². The zero-order valence-electron chi connectivity index (χ0n) is 27.4. The second-order valence-corrected chi connectivity index (χ2v) is 12.9. The van der Waals surface area contributed by atoms with E-state index in [1.54, 1.807) is 0 Å². The predicted octanol–water partition coefficient (Wildman–Crippen LogP) is 12.9. The molecule has 2 heteroatoms.